The van der Waals surface area contributed by atoms with Crippen LogP contribution in [0.1, 0.15) is 12.8 Å². The van der Waals surface area contributed by atoms with Crippen molar-refractivity contribution in [2.24, 2.45) is 0 Å². The van der Waals surface area contributed by atoms with E-state index < -0.39 is 16.2 Å². The van der Waals surface area contributed by atoms with Gasteiger partial charge in [0.2, 0.25) is 0 Å². The summed E-state index contributed by atoms with van der Waals surface area (Å²) >= 11 is 5.55. The molecule has 0 radical (unpaired) electrons. The summed E-state index contributed by atoms with van der Waals surface area (Å²) in [5.74, 6) is 0.446. The van der Waals surface area contributed by atoms with E-state index in [2.05, 4.69) is 4.18 Å². The molecule has 0 aromatic rings. The van der Waals surface area contributed by atoms with Gasteiger partial charge in [-0.1, -0.05) is 0 Å². The zero-order valence-corrected chi connectivity index (χ0v) is 10.00. The average molecular weight is 259 g/mol. The second-order valence-electron chi connectivity index (χ2n) is 3.55. The number of hydrogen-bond donors (Lipinski definition) is 1. The van der Waals surface area contributed by atoms with Crippen molar-refractivity contribution in [2.75, 3.05) is 18.7 Å². The Morgan fingerprint density at radius 2 is 2.20 bits per heavy atom. The van der Waals surface area contributed by atoms with Crippen molar-refractivity contribution in [1.82, 2.24) is 0 Å². The molecule has 1 rings (SSSR count). The molecule has 7 heteroatoms. The van der Waals surface area contributed by atoms with Crippen molar-refractivity contribution in [2.45, 2.75) is 31.2 Å². The van der Waals surface area contributed by atoms with Gasteiger partial charge in [0.15, 0.2) is 0 Å². The summed E-state index contributed by atoms with van der Waals surface area (Å²) in [5, 5.41) is 8.89. The molecule has 0 aromatic heterocycles. The molecule has 90 valence electrons. The maximum Gasteiger partial charge on any atom is 0.264 e. The molecule has 15 heavy (non-hydrogen) atoms. The Hall–Kier alpha value is 0.120. The molecule has 0 saturated carbocycles. The van der Waals surface area contributed by atoms with E-state index in [1.54, 1.807) is 0 Å². The zero-order valence-electron chi connectivity index (χ0n) is 8.43. The fourth-order valence-electron chi connectivity index (χ4n) is 1.34. The standard InChI is InChI=1S/C8H15ClO5S/c1-15(11,12)14-6(5-10)2-3-7-8(4-9)13-7/h6-8,10H,2-5H2,1H3/t6?,7-,8+/m1/s1. The molecule has 5 nitrogen and oxygen atoms in total. The van der Waals surface area contributed by atoms with E-state index in [-0.39, 0.29) is 18.8 Å². The largest absolute Gasteiger partial charge is 0.394 e. The predicted molar refractivity (Wildman–Crippen MR) is 55.4 cm³/mol. The maximum absolute atomic E-state index is 10.8. The molecular formula is C8H15ClO5S. The van der Waals surface area contributed by atoms with E-state index in [9.17, 15) is 8.42 Å². The van der Waals surface area contributed by atoms with Crippen LogP contribution in [0, 0.1) is 0 Å². The van der Waals surface area contributed by atoms with Crippen LogP contribution in [-0.2, 0) is 19.0 Å². The van der Waals surface area contributed by atoms with Crippen LogP contribution in [-0.4, -0.2) is 50.6 Å². The summed E-state index contributed by atoms with van der Waals surface area (Å²) in [6.07, 6.45) is 1.54. The summed E-state index contributed by atoms with van der Waals surface area (Å²) in [6, 6.07) is 0. The maximum atomic E-state index is 10.8. The fourth-order valence-corrected chi connectivity index (χ4v) is 2.26. The number of aliphatic hydroxyl groups is 1. The van der Waals surface area contributed by atoms with Crippen molar-refractivity contribution in [3.8, 4) is 0 Å². The number of alkyl halides is 1. The second-order valence-corrected chi connectivity index (χ2v) is 5.46. The lowest BCUT2D eigenvalue weighted by atomic mass is 10.1. The quantitative estimate of drug-likeness (QED) is 0.399. The van der Waals surface area contributed by atoms with E-state index in [0.717, 1.165) is 6.26 Å². The first kappa shape index (κ1) is 13.2. The Labute approximate surface area is 94.4 Å². The number of aliphatic hydroxyl groups excluding tert-OH is 1. The van der Waals surface area contributed by atoms with E-state index in [0.29, 0.717) is 18.7 Å². The number of ether oxygens (including phenoxy) is 1. The third-order valence-electron chi connectivity index (χ3n) is 2.13. The Balaban J connectivity index is 2.23. The molecule has 0 aromatic carbocycles. The van der Waals surface area contributed by atoms with Gasteiger partial charge in [0.25, 0.3) is 10.1 Å². The molecule has 0 aliphatic carbocycles. The Kier molecular flexibility index (Phi) is 4.79. The Bertz CT molecular complexity index is 291. The summed E-state index contributed by atoms with van der Waals surface area (Å²) in [6.45, 7) is -0.314. The molecule has 1 aliphatic rings. The minimum absolute atomic E-state index is 0.0734. The monoisotopic (exact) mass is 258 g/mol. The predicted octanol–water partition coefficient (Wildman–Crippen LogP) is 0.110. The fraction of sp³-hybridized carbons (Fsp3) is 1.00. The molecule has 1 heterocycles. The third kappa shape index (κ3) is 5.12. The van der Waals surface area contributed by atoms with Gasteiger partial charge in [-0.15, -0.1) is 11.6 Å². The van der Waals surface area contributed by atoms with Crippen LogP contribution >= 0.6 is 11.6 Å². The highest BCUT2D eigenvalue weighted by molar-refractivity contribution is 7.86. The summed E-state index contributed by atoms with van der Waals surface area (Å²) in [7, 11) is -3.51. The number of rotatable bonds is 7. The SMILES string of the molecule is CS(=O)(=O)OC(CO)CC[C@H]1O[C@H]1CCl. The van der Waals surface area contributed by atoms with Gasteiger partial charge in [-0.25, -0.2) is 0 Å². The highest BCUT2D eigenvalue weighted by Gasteiger charge is 2.37. The van der Waals surface area contributed by atoms with Crippen molar-refractivity contribution in [1.29, 1.82) is 0 Å². The lowest BCUT2D eigenvalue weighted by Crippen LogP contribution is -2.22. The van der Waals surface area contributed by atoms with Crippen molar-refractivity contribution in [3.05, 3.63) is 0 Å². The van der Waals surface area contributed by atoms with Crippen LogP contribution in [0.4, 0.5) is 0 Å². The van der Waals surface area contributed by atoms with E-state index in [4.69, 9.17) is 21.4 Å². The molecule has 1 saturated heterocycles. The average Bonchev–Trinajstić information content (AvgIpc) is 2.89. The highest BCUT2D eigenvalue weighted by Crippen LogP contribution is 2.28. The first-order valence-corrected chi connectivity index (χ1v) is 7.02. The van der Waals surface area contributed by atoms with Gasteiger partial charge in [-0.05, 0) is 12.8 Å². The molecular weight excluding hydrogens is 244 g/mol. The van der Waals surface area contributed by atoms with Gasteiger partial charge >= 0.3 is 0 Å². The minimum Gasteiger partial charge on any atom is -0.394 e. The Morgan fingerprint density at radius 1 is 1.53 bits per heavy atom. The Morgan fingerprint density at radius 3 is 2.60 bits per heavy atom. The van der Waals surface area contributed by atoms with Crippen molar-refractivity contribution >= 4 is 21.7 Å². The molecule has 0 bridgehead atoms. The first-order valence-electron chi connectivity index (χ1n) is 4.67. The van der Waals surface area contributed by atoms with Gasteiger partial charge in [0.1, 0.15) is 6.10 Å². The summed E-state index contributed by atoms with van der Waals surface area (Å²) in [4.78, 5) is 0. The smallest absolute Gasteiger partial charge is 0.264 e. The second kappa shape index (κ2) is 5.45. The number of epoxide rings is 1. The van der Waals surface area contributed by atoms with Gasteiger partial charge in [-0.3, -0.25) is 4.18 Å². The molecule has 0 amide bonds. The topological polar surface area (TPSA) is 76.1 Å². The lowest BCUT2D eigenvalue weighted by Gasteiger charge is -2.12. The molecule has 1 unspecified atom stereocenters. The van der Waals surface area contributed by atoms with Crippen LogP contribution in [0.3, 0.4) is 0 Å². The van der Waals surface area contributed by atoms with Crippen LogP contribution < -0.4 is 0 Å². The minimum atomic E-state index is -3.51. The molecule has 3 atom stereocenters. The normalized spacial score (nSPS) is 27.7. The third-order valence-corrected chi connectivity index (χ3v) is 3.05. The molecule has 1 fully saturated rings. The lowest BCUT2D eigenvalue weighted by molar-refractivity contribution is 0.111. The molecule has 1 N–H and O–H groups in total. The first-order chi connectivity index (χ1) is 6.96. The van der Waals surface area contributed by atoms with Crippen LogP contribution in [0.5, 0.6) is 0 Å². The van der Waals surface area contributed by atoms with E-state index in [1.807, 2.05) is 0 Å². The van der Waals surface area contributed by atoms with Gasteiger partial charge in [-0.2, -0.15) is 8.42 Å². The van der Waals surface area contributed by atoms with E-state index in [1.165, 1.54) is 0 Å². The van der Waals surface area contributed by atoms with Crippen molar-refractivity contribution in [3.63, 3.8) is 0 Å². The van der Waals surface area contributed by atoms with Gasteiger partial charge in [0, 0.05) is 0 Å². The van der Waals surface area contributed by atoms with Gasteiger partial charge in [0.05, 0.1) is 31.0 Å². The summed E-state index contributed by atoms with van der Waals surface area (Å²) in [5.41, 5.74) is 0. The molecule has 1 aliphatic heterocycles. The van der Waals surface area contributed by atoms with E-state index >= 15 is 0 Å². The molecule has 0 spiro atoms. The van der Waals surface area contributed by atoms with Crippen LogP contribution in [0.25, 0.3) is 0 Å². The van der Waals surface area contributed by atoms with Gasteiger partial charge < -0.3 is 9.84 Å². The highest BCUT2D eigenvalue weighted by atomic mass is 35.5. The van der Waals surface area contributed by atoms with Crippen LogP contribution in [0.15, 0.2) is 0 Å². The van der Waals surface area contributed by atoms with Crippen LogP contribution in [0.2, 0.25) is 0 Å². The number of halogens is 1. The number of hydrogen-bond acceptors (Lipinski definition) is 5. The summed E-state index contributed by atoms with van der Waals surface area (Å²) < 4.78 is 31.4. The zero-order chi connectivity index (χ0) is 11.5. The van der Waals surface area contributed by atoms with Crippen molar-refractivity contribution < 1.29 is 22.4 Å².